The summed E-state index contributed by atoms with van der Waals surface area (Å²) in [6.45, 7) is 1.07. The molecule has 2 heterocycles. The molecule has 1 aromatic carbocycles. The number of hydrogen-bond donors (Lipinski definition) is 1. The van der Waals surface area contributed by atoms with E-state index in [1.54, 1.807) is 7.11 Å². The lowest BCUT2D eigenvalue weighted by Gasteiger charge is -2.27. The number of amides is 1. The average Bonchev–Trinajstić information content (AvgIpc) is 2.84. The molecule has 2 aliphatic heterocycles. The first-order chi connectivity index (χ1) is 8.72. The number of benzene rings is 1. The largest absolute Gasteiger partial charge is 0.494 e. The van der Waals surface area contributed by atoms with Crippen LogP contribution >= 0.6 is 0 Å². The molecule has 1 aromatic rings. The number of carbonyl (C=O) groups is 1. The van der Waals surface area contributed by atoms with E-state index < -0.39 is 0 Å². The van der Waals surface area contributed by atoms with Gasteiger partial charge < -0.3 is 19.7 Å². The Hall–Kier alpha value is -1.75. The highest BCUT2D eigenvalue weighted by Gasteiger charge is 2.40. The maximum Gasteiger partial charge on any atom is 0.232 e. The van der Waals surface area contributed by atoms with Crippen molar-refractivity contribution in [2.75, 3.05) is 37.6 Å². The molecule has 96 valence electrons. The molecule has 0 aliphatic carbocycles. The van der Waals surface area contributed by atoms with Gasteiger partial charge in [0, 0.05) is 7.05 Å². The van der Waals surface area contributed by atoms with Crippen molar-refractivity contribution in [2.45, 2.75) is 6.04 Å². The Balaban J connectivity index is 2.11. The summed E-state index contributed by atoms with van der Waals surface area (Å²) < 4.78 is 10.7. The van der Waals surface area contributed by atoms with Gasteiger partial charge in [0.05, 0.1) is 38.0 Å². The van der Waals surface area contributed by atoms with Crippen molar-refractivity contribution in [3.63, 3.8) is 0 Å². The molecule has 0 aromatic heterocycles. The van der Waals surface area contributed by atoms with Crippen LogP contribution in [0.25, 0.3) is 0 Å². The number of anilines is 2. The van der Waals surface area contributed by atoms with Crippen LogP contribution in [-0.2, 0) is 9.53 Å². The number of carbonyl (C=O) groups excluding carboxylic acids is 1. The van der Waals surface area contributed by atoms with Crippen LogP contribution in [-0.4, -0.2) is 39.3 Å². The normalized spacial score (nSPS) is 26.1. The van der Waals surface area contributed by atoms with Crippen LogP contribution in [0.15, 0.2) is 18.2 Å². The predicted octanol–water partition coefficient (Wildman–Crippen LogP) is 1.10. The molecule has 18 heavy (non-hydrogen) atoms. The number of methoxy groups -OCH3 is 1. The first-order valence-corrected chi connectivity index (χ1v) is 6.01. The highest BCUT2D eigenvalue weighted by molar-refractivity contribution is 6.00. The summed E-state index contributed by atoms with van der Waals surface area (Å²) in [6.07, 6.45) is 0. The third kappa shape index (κ3) is 1.54. The predicted molar refractivity (Wildman–Crippen MR) is 68.1 cm³/mol. The molecule has 1 fully saturated rings. The zero-order valence-corrected chi connectivity index (χ0v) is 10.5. The maximum atomic E-state index is 12.2. The monoisotopic (exact) mass is 248 g/mol. The molecule has 3 rings (SSSR count). The first kappa shape index (κ1) is 11.3. The summed E-state index contributed by atoms with van der Waals surface area (Å²) in [5, 5.41) is 2.96. The van der Waals surface area contributed by atoms with Crippen molar-refractivity contribution in [1.82, 2.24) is 0 Å². The molecule has 2 unspecified atom stereocenters. The van der Waals surface area contributed by atoms with Gasteiger partial charge in [0.1, 0.15) is 11.4 Å². The number of nitrogens with zero attached hydrogens (tertiary/aromatic N) is 1. The number of ether oxygens (including phenoxy) is 2. The van der Waals surface area contributed by atoms with E-state index in [9.17, 15) is 4.79 Å². The third-order valence-electron chi connectivity index (χ3n) is 3.74. The van der Waals surface area contributed by atoms with Crippen molar-refractivity contribution in [1.29, 1.82) is 0 Å². The lowest BCUT2D eigenvalue weighted by atomic mass is 10.0. The van der Waals surface area contributed by atoms with Crippen LogP contribution in [0, 0.1) is 5.92 Å². The highest BCUT2D eigenvalue weighted by Crippen LogP contribution is 2.40. The SMILES string of the molecule is COc1cccc2c1NC(=O)C1COCC1N2C. The minimum Gasteiger partial charge on any atom is -0.494 e. The van der Waals surface area contributed by atoms with Gasteiger partial charge in [0.2, 0.25) is 5.91 Å². The third-order valence-corrected chi connectivity index (χ3v) is 3.74. The summed E-state index contributed by atoms with van der Waals surface area (Å²) >= 11 is 0. The zero-order chi connectivity index (χ0) is 12.7. The van der Waals surface area contributed by atoms with Gasteiger partial charge in [0.15, 0.2) is 0 Å². The first-order valence-electron chi connectivity index (χ1n) is 6.01. The van der Waals surface area contributed by atoms with Crippen molar-refractivity contribution in [3.05, 3.63) is 18.2 Å². The number of likely N-dealkylation sites (N-methyl/N-ethyl adjacent to an activating group) is 1. The molecule has 2 atom stereocenters. The Morgan fingerprint density at radius 2 is 2.28 bits per heavy atom. The molecule has 5 nitrogen and oxygen atoms in total. The van der Waals surface area contributed by atoms with E-state index in [1.165, 1.54) is 0 Å². The molecular weight excluding hydrogens is 232 g/mol. The van der Waals surface area contributed by atoms with Gasteiger partial charge in [-0.15, -0.1) is 0 Å². The van der Waals surface area contributed by atoms with Gasteiger partial charge in [0.25, 0.3) is 0 Å². The van der Waals surface area contributed by atoms with Crippen LogP contribution in [0.2, 0.25) is 0 Å². The average molecular weight is 248 g/mol. The van der Waals surface area contributed by atoms with Crippen LogP contribution in [0.4, 0.5) is 11.4 Å². The summed E-state index contributed by atoms with van der Waals surface area (Å²) in [5.41, 5.74) is 1.72. The van der Waals surface area contributed by atoms with Gasteiger partial charge in [-0.2, -0.15) is 0 Å². The summed E-state index contributed by atoms with van der Waals surface area (Å²) in [4.78, 5) is 14.3. The van der Waals surface area contributed by atoms with E-state index in [-0.39, 0.29) is 17.9 Å². The molecule has 2 aliphatic rings. The van der Waals surface area contributed by atoms with Crippen molar-refractivity contribution >= 4 is 17.3 Å². The lowest BCUT2D eigenvalue weighted by Crippen LogP contribution is -2.40. The molecule has 0 saturated carbocycles. The van der Waals surface area contributed by atoms with Gasteiger partial charge in [-0.25, -0.2) is 0 Å². The Labute approximate surface area is 106 Å². The molecule has 0 bridgehead atoms. The zero-order valence-electron chi connectivity index (χ0n) is 10.5. The molecule has 0 radical (unpaired) electrons. The summed E-state index contributed by atoms with van der Waals surface area (Å²) in [5.74, 6) is 0.577. The van der Waals surface area contributed by atoms with E-state index in [4.69, 9.17) is 9.47 Å². The van der Waals surface area contributed by atoms with Crippen LogP contribution < -0.4 is 15.0 Å². The smallest absolute Gasteiger partial charge is 0.232 e. The quantitative estimate of drug-likeness (QED) is 0.808. The second kappa shape index (κ2) is 4.17. The Kier molecular flexibility index (Phi) is 2.63. The van der Waals surface area contributed by atoms with E-state index in [1.807, 2.05) is 25.2 Å². The van der Waals surface area contributed by atoms with Crippen LogP contribution in [0.5, 0.6) is 5.75 Å². The number of para-hydroxylation sites is 1. The molecular formula is C13H16N2O3. The lowest BCUT2D eigenvalue weighted by molar-refractivity contribution is -0.120. The minimum absolute atomic E-state index is 0.00704. The van der Waals surface area contributed by atoms with Crippen molar-refractivity contribution in [2.24, 2.45) is 5.92 Å². The van der Waals surface area contributed by atoms with E-state index in [2.05, 4.69) is 10.2 Å². The number of hydrogen-bond acceptors (Lipinski definition) is 4. The van der Waals surface area contributed by atoms with Crippen molar-refractivity contribution in [3.8, 4) is 5.75 Å². The van der Waals surface area contributed by atoms with E-state index >= 15 is 0 Å². The maximum absolute atomic E-state index is 12.2. The molecule has 1 amide bonds. The minimum atomic E-state index is -0.118. The van der Waals surface area contributed by atoms with Gasteiger partial charge >= 0.3 is 0 Å². The Morgan fingerprint density at radius 3 is 3.06 bits per heavy atom. The van der Waals surface area contributed by atoms with E-state index in [0.717, 1.165) is 11.4 Å². The number of fused-ring (bicyclic) bond motifs is 2. The topological polar surface area (TPSA) is 50.8 Å². The summed E-state index contributed by atoms with van der Waals surface area (Å²) in [6, 6.07) is 5.86. The fourth-order valence-corrected chi connectivity index (χ4v) is 2.68. The molecule has 0 spiro atoms. The molecule has 1 N–H and O–H groups in total. The fraction of sp³-hybridized carbons (Fsp3) is 0.462. The number of rotatable bonds is 1. The van der Waals surface area contributed by atoms with Crippen molar-refractivity contribution < 1.29 is 14.3 Å². The number of nitrogens with one attached hydrogen (secondary N) is 1. The second-order valence-electron chi connectivity index (χ2n) is 4.67. The summed E-state index contributed by atoms with van der Waals surface area (Å²) in [7, 11) is 3.60. The standard InChI is InChI=1S/C13H16N2O3/c1-15-9-4-3-5-11(17-2)12(9)14-13(16)8-6-18-7-10(8)15/h3-5,8,10H,6-7H2,1-2H3,(H,14,16). The Bertz CT molecular complexity index is 489. The van der Waals surface area contributed by atoms with Gasteiger partial charge in [-0.05, 0) is 12.1 Å². The fourth-order valence-electron chi connectivity index (χ4n) is 2.68. The molecule has 1 saturated heterocycles. The van der Waals surface area contributed by atoms with Crippen LogP contribution in [0.1, 0.15) is 0 Å². The van der Waals surface area contributed by atoms with E-state index in [0.29, 0.717) is 19.0 Å². The highest BCUT2D eigenvalue weighted by atomic mass is 16.5. The van der Waals surface area contributed by atoms with Gasteiger partial charge in [-0.3, -0.25) is 4.79 Å². The molecule has 5 heteroatoms. The second-order valence-corrected chi connectivity index (χ2v) is 4.67. The Morgan fingerprint density at radius 1 is 1.44 bits per heavy atom. The van der Waals surface area contributed by atoms with Crippen LogP contribution in [0.3, 0.4) is 0 Å². The van der Waals surface area contributed by atoms with Gasteiger partial charge in [-0.1, -0.05) is 6.07 Å².